The van der Waals surface area contributed by atoms with Gasteiger partial charge in [0.25, 0.3) is 0 Å². The minimum atomic E-state index is -1.53. The maximum atomic E-state index is 14.8. The van der Waals surface area contributed by atoms with Gasteiger partial charge in [-0.3, -0.25) is 0 Å². The van der Waals surface area contributed by atoms with Crippen LogP contribution < -0.4 is 5.32 Å². The van der Waals surface area contributed by atoms with E-state index in [2.05, 4.69) is 10.5 Å². The lowest BCUT2D eigenvalue weighted by molar-refractivity contribution is -0.00346. The second kappa shape index (κ2) is 11.3. The molecule has 1 atom stereocenters. The highest BCUT2D eigenvalue weighted by atomic mass is 127. The first-order chi connectivity index (χ1) is 15.3. The van der Waals surface area contributed by atoms with Gasteiger partial charge in [-0.1, -0.05) is 25.9 Å². The molecule has 0 spiro atoms. The number of anilines is 2. The number of carbonyl (C=O) groups is 1. The van der Waals surface area contributed by atoms with E-state index in [0.717, 1.165) is 12.3 Å². The number of benzene rings is 2. The molecule has 0 saturated carbocycles. The molecular formula is C22H25F3IN2O4Si. The molecular weight excluding hydrogens is 568 g/mol. The van der Waals surface area contributed by atoms with Crippen LogP contribution in [-0.2, 0) is 9.26 Å². The Bertz CT molecular complexity index is 1050. The second-order valence-electron chi connectivity index (χ2n) is 8.48. The maximum absolute atomic E-state index is 14.8. The Labute approximate surface area is 206 Å². The molecule has 2 N–H and O–H groups in total. The summed E-state index contributed by atoms with van der Waals surface area (Å²) in [5.74, 6) is -5.09. The fraction of sp³-hybridized carbons (Fsp3) is 0.364. The van der Waals surface area contributed by atoms with Gasteiger partial charge in [-0.05, 0) is 65.4 Å². The van der Waals surface area contributed by atoms with Gasteiger partial charge in [0.1, 0.15) is 12.4 Å². The number of nitrogens with zero attached hydrogens (tertiary/aromatic N) is 1. The molecule has 0 aromatic heterocycles. The van der Waals surface area contributed by atoms with E-state index in [0.29, 0.717) is 3.57 Å². The summed E-state index contributed by atoms with van der Waals surface area (Å²) in [7, 11) is -1.01. The fourth-order valence-electron chi connectivity index (χ4n) is 2.71. The monoisotopic (exact) mass is 593 g/mol. The van der Waals surface area contributed by atoms with Crippen molar-refractivity contribution in [3.8, 4) is 0 Å². The van der Waals surface area contributed by atoms with E-state index in [1.165, 1.54) is 18.2 Å². The Morgan fingerprint density at radius 1 is 1.24 bits per heavy atom. The lowest BCUT2D eigenvalue weighted by atomic mass is 9.90. The first-order valence-corrected chi connectivity index (χ1v) is 13.4. The molecule has 6 nitrogen and oxygen atoms in total. The van der Waals surface area contributed by atoms with Crippen molar-refractivity contribution in [1.82, 2.24) is 0 Å². The summed E-state index contributed by atoms with van der Waals surface area (Å²) in [5, 5.41) is 15.5. The third-order valence-corrected chi connectivity index (χ3v) is 5.92. The van der Waals surface area contributed by atoms with Crippen molar-refractivity contribution in [3.63, 3.8) is 0 Å². The molecule has 0 aliphatic heterocycles. The molecule has 0 amide bonds. The lowest BCUT2D eigenvalue weighted by Crippen LogP contribution is -2.36. The van der Waals surface area contributed by atoms with E-state index < -0.39 is 49.3 Å². The summed E-state index contributed by atoms with van der Waals surface area (Å²) < 4.78 is 50.0. The van der Waals surface area contributed by atoms with Crippen LogP contribution in [0.2, 0.25) is 13.1 Å². The van der Waals surface area contributed by atoms with Gasteiger partial charge in [-0.15, -0.1) is 0 Å². The van der Waals surface area contributed by atoms with Gasteiger partial charge in [0.2, 0.25) is 9.04 Å². The van der Waals surface area contributed by atoms with Crippen LogP contribution in [-0.4, -0.2) is 39.0 Å². The molecule has 0 saturated heterocycles. The molecule has 2 aromatic rings. The van der Waals surface area contributed by atoms with Crippen molar-refractivity contribution >= 4 is 55.2 Å². The Kier molecular flexibility index (Phi) is 9.32. The van der Waals surface area contributed by atoms with Gasteiger partial charge in [0, 0.05) is 9.13 Å². The Morgan fingerprint density at radius 3 is 2.45 bits per heavy atom. The summed E-state index contributed by atoms with van der Waals surface area (Å²) in [5.41, 5.74) is -2.14. The summed E-state index contributed by atoms with van der Waals surface area (Å²) in [4.78, 5) is 16.9. The van der Waals surface area contributed by atoms with E-state index in [9.17, 15) is 23.1 Å². The predicted octanol–water partition coefficient (Wildman–Crippen LogP) is 6.18. The molecule has 2 rings (SSSR count). The lowest BCUT2D eigenvalue weighted by Gasteiger charge is -2.31. The van der Waals surface area contributed by atoms with E-state index in [1.807, 2.05) is 56.5 Å². The van der Waals surface area contributed by atoms with Crippen LogP contribution in [0.1, 0.15) is 36.7 Å². The van der Waals surface area contributed by atoms with E-state index in [1.54, 1.807) is 0 Å². The van der Waals surface area contributed by atoms with Crippen molar-refractivity contribution in [2.45, 2.75) is 40.0 Å². The summed E-state index contributed by atoms with van der Waals surface area (Å²) >= 11 is 1.89. The Morgan fingerprint density at radius 2 is 1.91 bits per heavy atom. The van der Waals surface area contributed by atoms with Crippen LogP contribution in [0.4, 0.5) is 24.5 Å². The first kappa shape index (κ1) is 27.1. The molecule has 0 heterocycles. The van der Waals surface area contributed by atoms with Crippen molar-refractivity contribution in [3.05, 3.63) is 56.4 Å². The topological polar surface area (TPSA) is 80.2 Å². The number of oxime groups is 1. The molecule has 0 fully saturated rings. The van der Waals surface area contributed by atoms with Crippen LogP contribution in [0.3, 0.4) is 0 Å². The van der Waals surface area contributed by atoms with Gasteiger partial charge in [0.05, 0.1) is 29.3 Å². The van der Waals surface area contributed by atoms with Gasteiger partial charge in [0.15, 0.2) is 11.6 Å². The zero-order valence-corrected chi connectivity index (χ0v) is 22.0. The van der Waals surface area contributed by atoms with Crippen molar-refractivity contribution < 1.29 is 32.3 Å². The van der Waals surface area contributed by atoms with Gasteiger partial charge < -0.3 is 19.7 Å². The highest BCUT2D eigenvalue weighted by Crippen LogP contribution is 2.30. The SMILES string of the molecule is C[Si](C)OC(CON=Cc1cc(C(=O)O)c(Nc2ccc(I)cc2F)c(F)c1F)C(C)(C)C. The Balaban J connectivity index is 2.29. The van der Waals surface area contributed by atoms with Crippen LogP contribution in [0.25, 0.3) is 0 Å². The third-order valence-electron chi connectivity index (χ3n) is 4.49. The smallest absolute Gasteiger partial charge is 0.337 e. The minimum Gasteiger partial charge on any atom is -0.478 e. The number of nitrogens with one attached hydrogen (secondary N) is 1. The highest BCUT2D eigenvalue weighted by molar-refractivity contribution is 14.1. The molecule has 1 unspecified atom stereocenters. The molecule has 0 bridgehead atoms. The maximum Gasteiger partial charge on any atom is 0.337 e. The highest BCUT2D eigenvalue weighted by Gasteiger charge is 2.27. The average Bonchev–Trinajstić information content (AvgIpc) is 2.69. The third kappa shape index (κ3) is 7.44. The normalized spacial score (nSPS) is 12.9. The fourth-order valence-corrected chi connectivity index (χ4v) is 4.15. The number of aromatic carboxylic acids is 1. The van der Waals surface area contributed by atoms with Crippen LogP contribution in [0, 0.1) is 26.4 Å². The summed E-state index contributed by atoms with van der Waals surface area (Å²) in [6.07, 6.45) is 0.619. The number of carboxylic acids is 1. The number of rotatable bonds is 9. The first-order valence-electron chi connectivity index (χ1n) is 9.90. The van der Waals surface area contributed by atoms with Gasteiger partial charge in [-0.25, -0.2) is 18.0 Å². The molecule has 1 radical (unpaired) electrons. The largest absolute Gasteiger partial charge is 0.478 e. The molecule has 179 valence electrons. The number of halogens is 4. The average molecular weight is 593 g/mol. The molecule has 11 heteroatoms. The minimum absolute atomic E-state index is 0.0808. The zero-order chi connectivity index (χ0) is 24.9. The summed E-state index contributed by atoms with van der Waals surface area (Å²) in [6.45, 7) is 9.98. The van der Waals surface area contributed by atoms with E-state index in [-0.39, 0.29) is 23.8 Å². The zero-order valence-electron chi connectivity index (χ0n) is 18.8. The standard InChI is InChI=1S/C22H25F3IN2O4Si/c1-22(2,3)17(32-33(4)5)11-31-27-10-12-8-14(21(29)30)20(19(25)18(12)24)28-16-7-6-13(26)9-15(16)23/h6-10,17,28H,11H2,1-5H3,(H,29,30). The van der Waals surface area contributed by atoms with Crippen LogP contribution in [0.5, 0.6) is 0 Å². The van der Waals surface area contributed by atoms with Gasteiger partial charge in [-0.2, -0.15) is 0 Å². The van der Waals surface area contributed by atoms with Crippen molar-refractivity contribution in [1.29, 1.82) is 0 Å². The number of carboxylic acid groups (broad SMARTS) is 1. The number of hydrogen-bond acceptors (Lipinski definition) is 5. The molecule has 33 heavy (non-hydrogen) atoms. The predicted molar refractivity (Wildman–Crippen MR) is 131 cm³/mol. The molecule has 0 aliphatic carbocycles. The van der Waals surface area contributed by atoms with Crippen LogP contribution >= 0.6 is 22.6 Å². The molecule has 0 aliphatic rings. The quantitative estimate of drug-likeness (QED) is 0.157. The second-order valence-corrected chi connectivity index (χ2v) is 11.8. The molecule has 2 aromatic carbocycles. The van der Waals surface area contributed by atoms with E-state index >= 15 is 0 Å². The van der Waals surface area contributed by atoms with Crippen molar-refractivity contribution in [2.75, 3.05) is 11.9 Å². The van der Waals surface area contributed by atoms with Crippen LogP contribution in [0.15, 0.2) is 29.4 Å². The Hall–Kier alpha value is -2.12. The number of hydrogen-bond donors (Lipinski definition) is 2. The van der Waals surface area contributed by atoms with E-state index in [4.69, 9.17) is 9.26 Å². The summed E-state index contributed by atoms with van der Waals surface area (Å²) in [6, 6.07) is 4.91. The van der Waals surface area contributed by atoms with Crippen molar-refractivity contribution in [2.24, 2.45) is 10.6 Å². The van der Waals surface area contributed by atoms with Gasteiger partial charge >= 0.3 is 5.97 Å².